The van der Waals surface area contributed by atoms with Crippen LogP contribution in [0.25, 0.3) is 0 Å². The molecule has 2 rings (SSSR count). The van der Waals surface area contributed by atoms with Gasteiger partial charge in [-0.25, -0.2) is 9.69 Å². The van der Waals surface area contributed by atoms with Crippen molar-refractivity contribution in [1.82, 2.24) is 0 Å². The number of anilines is 2. The first kappa shape index (κ1) is 14.0. The highest BCUT2D eigenvalue weighted by atomic mass is 35.5. The molecule has 3 nitrogen and oxygen atoms in total. The van der Waals surface area contributed by atoms with Crippen molar-refractivity contribution in [3.05, 3.63) is 57.5 Å². The molecule has 2 aromatic carbocycles. The minimum atomic E-state index is -1.14. The molecule has 0 saturated carbocycles. The summed E-state index contributed by atoms with van der Waals surface area (Å²) in [5.41, 5.74) is 0.822. The number of carbonyl (C=O) groups is 1. The van der Waals surface area contributed by atoms with E-state index in [4.69, 9.17) is 34.8 Å². The van der Waals surface area contributed by atoms with Gasteiger partial charge in [0.1, 0.15) is 0 Å². The van der Waals surface area contributed by atoms with Crippen LogP contribution < -0.4 is 4.90 Å². The Labute approximate surface area is 124 Å². The van der Waals surface area contributed by atoms with E-state index in [1.807, 2.05) is 0 Å². The number of amides is 1. The summed E-state index contributed by atoms with van der Waals surface area (Å²) in [5.74, 6) is 0. The zero-order valence-corrected chi connectivity index (χ0v) is 11.7. The molecule has 0 fully saturated rings. The normalized spacial score (nSPS) is 10.3. The van der Waals surface area contributed by atoms with Crippen LogP contribution in [0.15, 0.2) is 42.5 Å². The summed E-state index contributed by atoms with van der Waals surface area (Å²) in [6.07, 6.45) is -1.14. The van der Waals surface area contributed by atoms with Gasteiger partial charge in [-0.3, -0.25) is 0 Å². The highest BCUT2D eigenvalue weighted by molar-refractivity contribution is 6.48. The van der Waals surface area contributed by atoms with Gasteiger partial charge in [0, 0.05) is 0 Å². The summed E-state index contributed by atoms with van der Waals surface area (Å²) in [5, 5.41) is 9.94. The zero-order chi connectivity index (χ0) is 14.0. The van der Waals surface area contributed by atoms with Gasteiger partial charge in [-0.2, -0.15) is 0 Å². The standard InChI is InChI=1S/C13H8Cl3NO2/c14-10-6-9(7-11(15)12(10)16)17(13(18)19)8-4-2-1-3-5-8/h1-7H,(H,18,19). The molecule has 0 unspecified atom stereocenters. The monoisotopic (exact) mass is 315 g/mol. The minimum absolute atomic E-state index is 0.200. The fourth-order valence-electron chi connectivity index (χ4n) is 1.62. The summed E-state index contributed by atoms with van der Waals surface area (Å²) in [6.45, 7) is 0. The molecular formula is C13H8Cl3NO2. The number of carboxylic acid groups (broad SMARTS) is 1. The molecule has 0 atom stereocenters. The summed E-state index contributed by atoms with van der Waals surface area (Å²) in [7, 11) is 0. The Morgan fingerprint density at radius 2 is 1.47 bits per heavy atom. The van der Waals surface area contributed by atoms with Crippen LogP contribution in [0.4, 0.5) is 16.2 Å². The molecule has 0 heterocycles. The van der Waals surface area contributed by atoms with Gasteiger partial charge in [-0.15, -0.1) is 0 Å². The van der Waals surface area contributed by atoms with Crippen molar-refractivity contribution in [1.29, 1.82) is 0 Å². The Hall–Kier alpha value is -1.42. The van der Waals surface area contributed by atoms with E-state index in [9.17, 15) is 9.90 Å². The Balaban J connectivity index is 2.55. The SMILES string of the molecule is O=C(O)N(c1ccccc1)c1cc(Cl)c(Cl)c(Cl)c1. The first-order valence-electron chi connectivity index (χ1n) is 5.23. The summed E-state index contributed by atoms with van der Waals surface area (Å²) >= 11 is 17.7. The Morgan fingerprint density at radius 1 is 0.947 bits per heavy atom. The molecule has 2 aromatic rings. The fraction of sp³-hybridized carbons (Fsp3) is 0. The van der Waals surface area contributed by atoms with Crippen LogP contribution in [-0.2, 0) is 0 Å². The molecule has 0 bridgehead atoms. The lowest BCUT2D eigenvalue weighted by Gasteiger charge is -2.20. The van der Waals surface area contributed by atoms with Gasteiger partial charge in [0.15, 0.2) is 0 Å². The zero-order valence-electron chi connectivity index (χ0n) is 9.48. The second-order valence-electron chi connectivity index (χ2n) is 3.68. The smallest absolute Gasteiger partial charge is 0.416 e. The van der Waals surface area contributed by atoms with Gasteiger partial charge in [-0.05, 0) is 24.3 Å². The predicted octanol–water partition coefficient (Wildman–Crippen LogP) is 5.46. The molecule has 1 amide bonds. The maximum Gasteiger partial charge on any atom is 0.416 e. The van der Waals surface area contributed by atoms with Gasteiger partial charge < -0.3 is 5.11 Å². The van der Waals surface area contributed by atoms with E-state index in [0.29, 0.717) is 11.4 Å². The molecular weight excluding hydrogens is 309 g/mol. The van der Waals surface area contributed by atoms with E-state index < -0.39 is 6.09 Å². The number of hydrogen-bond acceptors (Lipinski definition) is 1. The van der Waals surface area contributed by atoms with Crippen molar-refractivity contribution < 1.29 is 9.90 Å². The second kappa shape index (κ2) is 5.70. The molecule has 0 radical (unpaired) electrons. The first-order valence-corrected chi connectivity index (χ1v) is 6.36. The van der Waals surface area contributed by atoms with Gasteiger partial charge >= 0.3 is 6.09 Å². The predicted molar refractivity (Wildman–Crippen MR) is 78.1 cm³/mol. The van der Waals surface area contributed by atoms with Crippen LogP contribution in [0.5, 0.6) is 0 Å². The van der Waals surface area contributed by atoms with Gasteiger partial charge in [0.25, 0.3) is 0 Å². The van der Waals surface area contributed by atoms with Crippen LogP contribution in [0.3, 0.4) is 0 Å². The molecule has 0 aliphatic heterocycles. The third kappa shape index (κ3) is 2.95. The van der Waals surface area contributed by atoms with Gasteiger partial charge in [0.2, 0.25) is 0 Å². The molecule has 0 aromatic heterocycles. The molecule has 0 saturated heterocycles. The maximum atomic E-state index is 11.4. The molecule has 6 heteroatoms. The molecule has 0 spiro atoms. The lowest BCUT2D eigenvalue weighted by Crippen LogP contribution is -2.23. The number of para-hydroxylation sites is 1. The lowest BCUT2D eigenvalue weighted by molar-refractivity contribution is 0.205. The van der Waals surface area contributed by atoms with Gasteiger partial charge in [0.05, 0.1) is 26.4 Å². The lowest BCUT2D eigenvalue weighted by atomic mass is 10.2. The number of benzene rings is 2. The minimum Gasteiger partial charge on any atom is -0.464 e. The topological polar surface area (TPSA) is 40.5 Å². The van der Waals surface area contributed by atoms with Crippen molar-refractivity contribution in [3.63, 3.8) is 0 Å². The highest BCUT2D eigenvalue weighted by Gasteiger charge is 2.19. The molecule has 98 valence electrons. The third-order valence-corrected chi connectivity index (χ3v) is 3.63. The van der Waals surface area contributed by atoms with E-state index in [1.165, 1.54) is 12.1 Å². The third-order valence-electron chi connectivity index (χ3n) is 2.43. The number of rotatable bonds is 2. The quantitative estimate of drug-likeness (QED) is 0.747. The van der Waals surface area contributed by atoms with Crippen LogP contribution in [0.2, 0.25) is 15.1 Å². The van der Waals surface area contributed by atoms with Crippen LogP contribution in [-0.4, -0.2) is 11.2 Å². The van der Waals surface area contributed by atoms with E-state index in [2.05, 4.69) is 0 Å². The van der Waals surface area contributed by atoms with Crippen molar-refractivity contribution in [3.8, 4) is 0 Å². The Morgan fingerprint density at radius 3 is 1.95 bits per heavy atom. The van der Waals surface area contributed by atoms with Crippen LogP contribution in [0.1, 0.15) is 0 Å². The van der Waals surface area contributed by atoms with Crippen molar-refractivity contribution in [2.45, 2.75) is 0 Å². The molecule has 19 heavy (non-hydrogen) atoms. The van der Waals surface area contributed by atoms with Gasteiger partial charge in [-0.1, -0.05) is 53.0 Å². The van der Waals surface area contributed by atoms with Crippen molar-refractivity contribution >= 4 is 52.3 Å². The van der Waals surface area contributed by atoms with Crippen molar-refractivity contribution in [2.75, 3.05) is 4.90 Å². The Kier molecular flexibility index (Phi) is 4.20. The average molecular weight is 317 g/mol. The fourth-order valence-corrected chi connectivity index (χ4v) is 2.20. The largest absolute Gasteiger partial charge is 0.464 e. The summed E-state index contributed by atoms with van der Waals surface area (Å²) < 4.78 is 0. The summed E-state index contributed by atoms with van der Waals surface area (Å²) in [4.78, 5) is 12.5. The second-order valence-corrected chi connectivity index (χ2v) is 4.87. The van der Waals surface area contributed by atoms with E-state index >= 15 is 0 Å². The van der Waals surface area contributed by atoms with Crippen molar-refractivity contribution in [2.24, 2.45) is 0 Å². The van der Waals surface area contributed by atoms with Crippen LogP contribution in [0, 0.1) is 0 Å². The van der Waals surface area contributed by atoms with E-state index in [1.54, 1.807) is 30.3 Å². The average Bonchev–Trinajstić information content (AvgIpc) is 2.37. The highest BCUT2D eigenvalue weighted by Crippen LogP contribution is 2.36. The number of halogens is 3. The van der Waals surface area contributed by atoms with E-state index in [0.717, 1.165) is 4.90 Å². The maximum absolute atomic E-state index is 11.4. The first-order chi connectivity index (χ1) is 9.00. The molecule has 1 N–H and O–H groups in total. The molecule has 0 aliphatic carbocycles. The summed E-state index contributed by atoms with van der Waals surface area (Å²) in [6, 6.07) is 11.5. The van der Waals surface area contributed by atoms with Crippen LogP contribution >= 0.6 is 34.8 Å². The van der Waals surface area contributed by atoms with E-state index in [-0.39, 0.29) is 15.1 Å². The Bertz CT molecular complexity index is 594. The molecule has 0 aliphatic rings. The number of hydrogen-bond donors (Lipinski definition) is 1. The number of nitrogens with zero attached hydrogens (tertiary/aromatic N) is 1.